The number of aryl methyl sites for hydroxylation is 1. The fourth-order valence-corrected chi connectivity index (χ4v) is 5.69. The van der Waals surface area contributed by atoms with Crippen LogP contribution in [-0.2, 0) is 14.6 Å². The van der Waals surface area contributed by atoms with E-state index in [1.807, 2.05) is 36.9 Å². The number of sulfone groups is 1. The fraction of sp³-hybridized carbons (Fsp3) is 0.632. The monoisotopic (exact) mass is 365 g/mol. The third-order valence-corrected chi connectivity index (χ3v) is 7.26. The van der Waals surface area contributed by atoms with Crippen LogP contribution in [0, 0.1) is 13.8 Å². The Balaban J connectivity index is 1.72. The fourth-order valence-electron chi connectivity index (χ4n) is 3.98. The summed E-state index contributed by atoms with van der Waals surface area (Å²) in [6.45, 7) is 3.96. The quantitative estimate of drug-likeness (QED) is 0.805. The molecule has 0 N–H and O–H groups in total. The summed E-state index contributed by atoms with van der Waals surface area (Å²) >= 11 is 0. The molecule has 1 aromatic rings. The van der Waals surface area contributed by atoms with Crippen LogP contribution >= 0.6 is 0 Å². The summed E-state index contributed by atoms with van der Waals surface area (Å²) in [5.41, 5.74) is 2.16. The molecule has 0 aromatic heterocycles. The van der Waals surface area contributed by atoms with E-state index in [1.54, 1.807) is 0 Å². The third-order valence-electron chi connectivity index (χ3n) is 5.51. The Morgan fingerprint density at radius 3 is 2.52 bits per heavy atom. The lowest BCUT2D eigenvalue weighted by Crippen LogP contribution is -2.48. The second-order valence-electron chi connectivity index (χ2n) is 7.28. The van der Waals surface area contributed by atoms with Gasteiger partial charge in [-0.1, -0.05) is 25.0 Å². The van der Waals surface area contributed by atoms with Crippen molar-refractivity contribution >= 4 is 15.7 Å². The van der Waals surface area contributed by atoms with Crippen LogP contribution in [0.1, 0.15) is 43.2 Å². The highest BCUT2D eigenvalue weighted by atomic mass is 32.2. The molecule has 1 unspecified atom stereocenters. The van der Waals surface area contributed by atoms with E-state index in [9.17, 15) is 13.2 Å². The Bertz CT molecular complexity index is 738. The Hall–Kier alpha value is -1.56. The predicted molar refractivity (Wildman–Crippen MR) is 97.6 cm³/mol. The van der Waals surface area contributed by atoms with Crippen LogP contribution in [0.3, 0.4) is 0 Å². The normalized spacial score (nSPS) is 22.9. The average molecular weight is 365 g/mol. The number of nitrogens with zero attached hydrogens (tertiary/aromatic N) is 1. The first-order chi connectivity index (χ1) is 11.9. The van der Waals surface area contributed by atoms with E-state index < -0.39 is 9.84 Å². The van der Waals surface area contributed by atoms with E-state index in [0.717, 1.165) is 42.6 Å². The van der Waals surface area contributed by atoms with E-state index in [0.29, 0.717) is 6.42 Å². The molecule has 138 valence electrons. The molecule has 1 atom stereocenters. The highest BCUT2D eigenvalue weighted by Gasteiger charge is 2.39. The minimum absolute atomic E-state index is 0.0304. The first-order valence-electron chi connectivity index (χ1n) is 9.08. The number of benzene rings is 1. The van der Waals surface area contributed by atoms with Crippen molar-refractivity contribution in [2.45, 2.75) is 58.0 Å². The van der Waals surface area contributed by atoms with Gasteiger partial charge in [0.05, 0.1) is 11.5 Å². The van der Waals surface area contributed by atoms with Gasteiger partial charge in [-0.15, -0.1) is 0 Å². The van der Waals surface area contributed by atoms with Crippen molar-refractivity contribution in [1.82, 2.24) is 4.90 Å². The number of rotatable bonds is 5. The zero-order valence-electron chi connectivity index (χ0n) is 15.0. The van der Waals surface area contributed by atoms with Crippen molar-refractivity contribution in [3.63, 3.8) is 0 Å². The standard InChI is InChI=1S/C19H27NO4S/c1-14-6-5-9-18(15(14)2)24-12-19(21)20(16-7-3-4-8-16)17-10-11-25(22,23)13-17/h5-6,9,16-17H,3-4,7-8,10-13H2,1-2H3. The van der Waals surface area contributed by atoms with Gasteiger partial charge in [-0.2, -0.15) is 0 Å². The number of carbonyl (C=O) groups is 1. The molecule has 0 radical (unpaired) electrons. The van der Waals surface area contributed by atoms with Crippen molar-refractivity contribution < 1.29 is 17.9 Å². The van der Waals surface area contributed by atoms with Gasteiger partial charge in [0.1, 0.15) is 5.75 Å². The highest BCUT2D eigenvalue weighted by Crippen LogP contribution is 2.29. The number of hydrogen-bond donors (Lipinski definition) is 0. The van der Waals surface area contributed by atoms with Crippen molar-refractivity contribution in [2.75, 3.05) is 18.1 Å². The molecular weight excluding hydrogens is 338 g/mol. The van der Waals surface area contributed by atoms with Gasteiger partial charge in [0.15, 0.2) is 16.4 Å². The van der Waals surface area contributed by atoms with Crippen LogP contribution in [0.15, 0.2) is 18.2 Å². The van der Waals surface area contributed by atoms with Crippen LogP contribution in [0.25, 0.3) is 0 Å². The van der Waals surface area contributed by atoms with Crippen LogP contribution < -0.4 is 4.74 Å². The Morgan fingerprint density at radius 1 is 1.16 bits per heavy atom. The molecule has 1 heterocycles. The molecule has 3 rings (SSSR count). The largest absolute Gasteiger partial charge is 0.483 e. The van der Waals surface area contributed by atoms with Gasteiger partial charge in [-0.05, 0) is 50.3 Å². The minimum atomic E-state index is -3.02. The van der Waals surface area contributed by atoms with E-state index in [4.69, 9.17) is 4.74 Å². The summed E-state index contributed by atoms with van der Waals surface area (Å²) in [6.07, 6.45) is 4.68. The first-order valence-corrected chi connectivity index (χ1v) is 10.9. The molecule has 0 spiro atoms. The van der Waals surface area contributed by atoms with Gasteiger partial charge >= 0.3 is 0 Å². The van der Waals surface area contributed by atoms with Crippen LogP contribution in [0.2, 0.25) is 0 Å². The van der Waals surface area contributed by atoms with Crippen molar-refractivity contribution in [3.8, 4) is 5.75 Å². The SMILES string of the molecule is Cc1cccc(OCC(=O)N(C2CCCC2)C2CCS(=O)(=O)C2)c1C. The second-order valence-corrected chi connectivity index (χ2v) is 9.51. The Kier molecular flexibility index (Phi) is 5.37. The van der Waals surface area contributed by atoms with Gasteiger partial charge in [0, 0.05) is 12.1 Å². The smallest absolute Gasteiger partial charge is 0.261 e. The molecule has 1 aliphatic heterocycles. The van der Waals surface area contributed by atoms with E-state index in [-0.39, 0.29) is 36.1 Å². The number of amides is 1. The molecule has 1 saturated carbocycles. The molecule has 2 aliphatic rings. The average Bonchev–Trinajstić information content (AvgIpc) is 3.19. The molecule has 6 heteroatoms. The molecule has 1 amide bonds. The summed E-state index contributed by atoms with van der Waals surface area (Å²) in [5.74, 6) is 0.915. The van der Waals surface area contributed by atoms with Gasteiger partial charge in [0.2, 0.25) is 0 Å². The lowest BCUT2D eigenvalue weighted by atomic mass is 10.1. The molecule has 0 bridgehead atoms. The summed E-state index contributed by atoms with van der Waals surface area (Å²) in [6, 6.07) is 5.77. The number of ether oxygens (including phenoxy) is 1. The van der Waals surface area contributed by atoms with Crippen molar-refractivity contribution in [1.29, 1.82) is 0 Å². The number of carbonyl (C=O) groups excluding carboxylic acids is 1. The molecular formula is C19H27NO4S. The summed E-state index contributed by atoms with van der Waals surface area (Å²) < 4.78 is 29.5. The molecule has 1 aliphatic carbocycles. The molecule has 25 heavy (non-hydrogen) atoms. The maximum atomic E-state index is 12.9. The third kappa shape index (κ3) is 4.17. The predicted octanol–water partition coefficient (Wildman–Crippen LogP) is 2.64. The van der Waals surface area contributed by atoms with Crippen LogP contribution in [0.4, 0.5) is 0 Å². The maximum Gasteiger partial charge on any atom is 0.261 e. The van der Waals surface area contributed by atoms with E-state index in [1.165, 1.54) is 0 Å². The lowest BCUT2D eigenvalue weighted by Gasteiger charge is -2.34. The number of hydrogen-bond acceptors (Lipinski definition) is 4. The van der Waals surface area contributed by atoms with Crippen molar-refractivity contribution in [3.05, 3.63) is 29.3 Å². The Morgan fingerprint density at radius 2 is 1.88 bits per heavy atom. The summed E-state index contributed by atoms with van der Waals surface area (Å²) in [5, 5.41) is 0. The molecule has 1 saturated heterocycles. The zero-order valence-corrected chi connectivity index (χ0v) is 15.8. The van der Waals surface area contributed by atoms with Gasteiger partial charge in [-0.3, -0.25) is 4.79 Å². The topological polar surface area (TPSA) is 63.7 Å². The van der Waals surface area contributed by atoms with Crippen molar-refractivity contribution in [2.24, 2.45) is 0 Å². The van der Waals surface area contributed by atoms with Crippen LogP contribution in [0.5, 0.6) is 5.75 Å². The zero-order chi connectivity index (χ0) is 18.0. The Labute approximate surface area is 150 Å². The van der Waals surface area contributed by atoms with E-state index in [2.05, 4.69) is 0 Å². The minimum Gasteiger partial charge on any atom is -0.483 e. The van der Waals surface area contributed by atoms with Gasteiger partial charge in [-0.25, -0.2) is 8.42 Å². The van der Waals surface area contributed by atoms with E-state index >= 15 is 0 Å². The molecule has 2 fully saturated rings. The van der Waals surface area contributed by atoms with Gasteiger partial charge in [0.25, 0.3) is 5.91 Å². The first kappa shape index (κ1) is 18.2. The summed E-state index contributed by atoms with van der Waals surface area (Å²) in [4.78, 5) is 14.7. The van der Waals surface area contributed by atoms with Gasteiger partial charge < -0.3 is 9.64 Å². The lowest BCUT2D eigenvalue weighted by molar-refractivity contribution is -0.137. The van der Waals surface area contributed by atoms with Crippen LogP contribution in [-0.4, -0.2) is 49.4 Å². The second kappa shape index (κ2) is 7.36. The highest BCUT2D eigenvalue weighted by molar-refractivity contribution is 7.91. The maximum absolute atomic E-state index is 12.9. The molecule has 1 aromatic carbocycles. The summed E-state index contributed by atoms with van der Waals surface area (Å²) in [7, 11) is -3.02. The molecule has 5 nitrogen and oxygen atoms in total.